The van der Waals surface area contributed by atoms with Gasteiger partial charge in [0.2, 0.25) is 0 Å². The molecule has 0 atom stereocenters. The van der Waals surface area contributed by atoms with E-state index in [0.717, 1.165) is 12.0 Å². The Morgan fingerprint density at radius 2 is 1.53 bits per heavy atom. The minimum atomic E-state index is 0.0735. The summed E-state index contributed by atoms with van der Waals surface area (Å²) in [4.78, 5) is 0. The van der Waals surface area contributed by atoms with Crippen LogP contribution in [-0.4, -0.2) is 10.2 Å². The zero-order valence-corrected chi connectivity index (χ0v) is 9.38. The van der Waals surface area contributed by atoms with Crippen molar-refractivity contribution in [1.29, 1.82) is 0 Å². The first-order chi connectivity index (χ1) is 8.24. The lowest BCUT2D eigenvalue weighted by Gasteiger charge is -1.98. The molecule has 2 aromatic carbocycles. The van der Waals surface area contributed by atoms with Gasteiger partial charge in [0.1, 0.15) is 11.5 Å². The van der Waals surface area contributed by atoms with E-state index in [0.29, 0.717) is 0 Å². The summed E-state index contributed by atoms with van der Waals surface area (Å²) in [5.41, 5.74) is 2.02. The molecule has 0 saturated carbocycles. The lowest BCUT2D eigenvalue weighted by Crippen LogP contribution is -1.79. The number of phenolic OH excluding ortho intramolecular Hbond substituents is 2. The van der Waals surface area contributed by atoms with Crippen LogP contribution in [0.15, 0.2) is 54.6 Å². The van der Waals surface area contributed by atoms with Crippen molar-refractivity contribution >= 4 is 6.08 Å². The molecule has 2 aromatic rings. The molecule has 2 rings (SSSR count). The number of phenols is 2. The molecule has 0 aliphatic rings. The predicted octanol–water partition coefficient (Wildman–Crippen LogP) is 3.35. The number of rotatable bonds is 3. The highest BCUT2D eigenvalue weighted by Gasteiger charge is 1.95. The Kier molecular flexibility index (Phi) is 3.46. The fraction of sp³-hybridized carbons (Fsp3) is 0.0667. The summed E-state index contributed by atoms with van der Waals surface area (Å²) in [5, 5.41) is 18.6. The first-order valence-electron chi connectivity index (χ1n) is 5.47. The number of hydrogen-bond donors (Lipinski definition) is 2. The fourth-order valence-corrected chi connectivity index (χ4v) is 1.66. The molecule has 2 N–H and O–H groups in total. The molecule has 0 heterocycles. The third-order valence-electron chi connectivity index (χ3n) is 2.43. The van der Waals surface area contributed by atoms with Gasteiger partial charge in [-0.15, -0.1) is 0 Å². The smallest absolute Gasteiger partial charge is 0.119 e. The first kappa shape index (κ1) is 11.3. The maximum absolute atomic E-state index is 9.32. The molecular formula is C15H14O2. The van der Waals surface area contributed by atoms with Gasteiger partial charge in [-0.05, 0) is 29.7 Å². The Labute approximate surface area is 100 Å². The van der Waals surface area contributed by atoms with Crippen LogP contribution in [0.3, 0.4) is 0 Å². The van der Waals surface area contributed by atoms with E-state index in [1.807, 2.05) is 30.4 Å². The molecule has 0 bridgehead atoms. The summed E-state index contributed by atoms with van der Waals surface area (Å²) < 4.78 is 0. The van der Waals surface area contributed by atoms with E-state index in [1.54, 1.807) is 12.1 Å². The largest absolute Gasteiger partial charge is 0.508 e. The highest BCUT2D eigenvalue weighted by Crippen LogP contribution is 2.21. The van der Waals surface area contributed by atoms with Crippen LogP contribution in [0.2, 0.25) is 0 Å². The topological polar surface area (TPSA) is 40.5 Å². The van der Waals surface area contributed by atoms with Gasteiger partial charge in [0, 0.05) is 6.07 Å². The zero-order chi connectivity index (χ0) is 12.1. The maximum Gasteiger partial charge on any atom is 0.119 e. The van der Waals surface area contributed by atoms with Crippen LogP contribution < -0.4 is 0 Å². The Bertz CT molecular complexity index is 495. The third kappa shape index (κ3) is 3.38. The van der Waals surface area contributed by atoms with Gasteiger partial charge in [0.05, 0.1) is 0 Å². The van der Waals surface area contributed by atoms with E-state index in [4.69, 9.17) is 0 Å². The van der Waals surface area contributed by atoms with Crippen LogP contribution >= 0.6 is 0 Å². The molecule has 86 valence electrons. The average molecular weight is 226 g/mol. The summed E-state index contributed by atoms with van der Waals surface area (Å²) in [6.45, 7) is 0. The van der Waals surface area contributed by atoms with Crippen molar-refractivity contribution in [2.24, 2.45) is 0 Å². The summed E-state index contributed by atoms with van der Waals surface area (Å²) in [5.74, 6) is 0.147. The Balaban J connectivity index is 2.06. The number of aromatic hydroxyl groups is 2. The average Bonchev–Trinajstić information content (AvgIpc) is 2.29. The third-order valence-corrected chi connectivity index (χ3v) is 2.43. The monoisotopic (exact) mass is 226 g/mol. The van der Waals surface area contributed by atoms with E-state index >= 15 is 0 Å². The van der Waals surface area contributed by atoms with Gasteiger partial charge in [-0.3, -0.25) is 0 Å². The van der Waals surface area contributed by atoms with E-state index in [9.17, 15) is 10.2 Å². The fourth-order valence-electron chi connectivity index (χ4n) is 1.66. The van der Waals surface area contributed by atoms with Gasteiger partial charge in [-0.25, -0.2) is 0 Å². The van der Waals surface area contributed by atoms with Crippen molar-refractivity contribution in [2.45, 2.75) is 6.42 Å². The molecule has 0 amide bonds. The van der Waals surface area contributed by atoms with Gasteiger partial charge in [0.15, 0.2) is 0 Å². The van der Waals surface area contributed by atoms with Crippen LogP contribution in [0.5, 0.6) is 11.5 Å². The van der Waals surface area contributed by atoms with Crippen LogP contribution in [0.4, 0.5) is 0 Å². The van der Waals surface area contributed by atoms with Crippen LogP contribution in [0, 0.1) is 0 Å². The number of benzene rings is 2. The summed E-state index contributed by atoms with van der Waals surface area (Å²) in [6.07, 6.45) is 4.72. The molecule has 0 radical (unpaired) electrons. The minimum Gasteiger partial charge on any atom is -0.508 e. The quantitative estimate of drug-likeness (QED) is 0.842. The predicted molar refractivity (Wildman–Crippen MR) is 69.0 cm³/mol. The van der Waals surface area contributed by atoms with Crippen molar-refractivity contribution in [3.63, 3.8) is 0 Å². The number of allylic oxidation sites excluding steroid dienone is 1. The van der Waals surface area contributed by atoms with Gasteiger partial charge in [-0.2, -0.15) is 0 Å². The highest BCUT2D eigenvalue weighted by molar-refractivity contribution is 5.55. The molecule has 0 spiro atoms. The van der Waals surface area contributed by atoms with Crippen LogP contribution in [0.25, 0.3) is 6.08 Å². The Hall–Kier alpha value is -2.22. The van der Waals surface area contributed by atoms with E-state index in [1.165, 1.54) is 11.6 Å². The van der Waals surface area contributed by atoms with E-state index in [2.05, 4.69) is 12.1 Å². The molecule has 0 saturated heterocycles. The summed E-state index contributed by atoms with van der Waals surface area (Å²) >= 11 is 0. The molecule has 0 fully saturated rings. The number of hydrogen-bond acceptors (Lipinski definition) is 2. The second kappa shape index (κ2) is 5.21. The summed E-state index contributed by atoms with van der Waals surface area (Å²) in [6, 6.07) is 14.7. The molecule has 0 aromatic heterocycles. The Morgan fingerprint density at radius 3 is 2.18 bits per heavy atom. The Morgan fingerprint density at radius 1 is 0.882 bits per heavy atom. The molecule has 0 unspecified atom stereocenters. The normalized spacial score (nSPS) is 10.8. The molecule has 17 heavy (non-hydrogen) atoms. The van der Waals surface area contributed by atoms with E-state index < -0.39 is 0 Å². The summed E-state index contributed by atoms with van der Waals surface area (Å²) in [7, 11) is 0. The van der Waals surface area contributed by atoms with Crippen molar-refractivity contribution in [2.75, 3.05) is 0 Å². The van der Waals surface area contributed by atoms with Crippen molar-refractivity contribution < 1.29 is 10.2 Å². The first-order valence-corrected chi connectivity index (χ1v) is 5.47. The molecule has 2 nitrogen and oxygen atoms in total. The van der Waals surface area contributed by atoms with Gasteiger partial charge >= 0.3 is 0 Å². The second-order valence-corrected chi connectivity index (χ2v) is 3.87. The van der Waals surface area contributed by atoms with Crippen LogP contribution in [0.1, 0.15) is 11.1 Å². The minimum absolute atomic E-state index is 0.0735. The molecular weight excluding hydrogens is 212 g/mol. The van der Waals surface area contributed by atoms with Gasteiger partial charge < -0.3 is 10.2 Å². The van der Waals surface area contributed by atoms with Crippen LogP contribution in [-0.2, 0) is 6.42 Å². The van der Waals surface area contributed by atoms with Crippen molar-refractivity contribution in [3.05, 3.63) is 65.7 Å². The van der Waals surface area contributed by atoms with Gasteiger partial charge in [-0.1, -0.05) is 42.5 Å². The standard InChI is InChI=1S/C15H14O2/c16-14-9-13(10-15(17)11-14)8-4-7-12-5-2-1-3-6-12/h1-6,8-11,16-17H,7H2. The SMILES string of the molecule is Oc1cc(O)cc(C=CCc2ccccc2)c1. The van der Waals surface area contributed by atoms with Crippen molar-refractivity contribution in [3.8, 4) is 11.5 Å². The lowest BCUT2D eigenvalue weighted by molar-refractivity contribution is 0.450. The van der Waals surface area contributed by atoms with Crippen molar-refractivity contribution in [1.82, 2.24) is 0 Å². The van der Waals surface area contributed by atoms with E-state index in [-0.39, 0.29) is 11.5 Å². The second-order valence-electron chi connectivity index (χ2n) is 3.87. The van der Waals surface area contributed by atoms with Gasteiger partial charge in [0.25, 0.3) is 0 Å². The lowest BCUT2D eigenvalue weighted by atomic mass is 10.1. The highest BCUT2D eigenvalue weighted by atomic mass is 16.3. The molecule has 0 aliphatic heterocycles. The molecule has 0 aliphatic carbocycles. The maximum atomic E-state index is 9.32. The zero-order valence-electron chi connectivity index (χ0n) is 9.38. The molecule has 2 heteroatoms.